The molecule has 2 N–H and O–H groups in total. The maximum absolute atomic E-state index is 12.6. The number of rotatable bonds is 2. The minimum absolute atomic E-state index is 0.213. The van der Waals surface area contributed by atoms with Crippen molar-refractivity contribution >= 4 is 11.9 Å². The first-order valence-corrected chi connectivity index (χ1v) is 6.87. The number of ether oxygens (including phenoxy) is 1. The molecule has 22 heavy (non-hydrogen) atoms. The number of ketones is 1. The van der Waals surface area contributed by atoms with Gasteiger partial charge in [0, 0.05) is 11.5 Å². The van der Waals surface area contributed by atoms with Crippen molar-refractivity contribution in [3.8, 4) is 0 Å². The van der Waals surface area contributed by atoms with Crippen LogP contribution >= 0.6 is 0 Å². The lowest BCUT2D eigenvalue weighted by Gasteiger charge is -2.37. The molecule has 1 aliphatic rings. The van der Waals surface area contributed by atoms with Gasteiger partial charge in [-0.1, -0.05) is 19.1 Å². The minimum atomic E-state index is -4.47. The molecule has 2 atom stereocenters. The number of nitrogens with two attached hydrogens (primary N) is 1. The Hall–Kier alpha value is -2.05. The quantitative estimate of drug-likeness (QED) is 0.909. The van der Waals surface area contributed by atoms with E-state index in [2.05, 4.69) is 0 Å². The average Bonchev–Trinajstić information content (AvgIpc) is 2.43. The Morgan fingerprint density at radius 1 is 1.32 bits per heavy atom. The molecule has 1 aromatic carbocycles. The van der Waals surface area contributed by atoms with Crippen molar-refractivity contribution < 1.29 is 27.5 Å². The van der Waals surface area contributed by atoms with E-state index in [1.807, 2.05) is 0 Å². The first-order valence-electron chi connectivity index (χ1n) is 6.87. The number of hydrogen-bond acceptors (Lipinski definition) is 3. The molecular weight excluding hydrogens is 299 g/mol. The summed E-state index contributed by atoms with van der Waals surface area (Å²) < 4.78 is 43.0. The van der Waals surface area contributed by atoms with E-state index >= 15 is 0 Å². The lowest BCUT2D eigenvalue weighted by Crippen LogP contribution is -2.47. The monoisotopic (exact) mass is 315 g/mol. The Morgan fingerprint density at radius 2 is 1.91 bits per heavy atom. The maximum atomic E-state index is 12.6. The fourth-order valence-corrected chi connectivity index (χ4v) is 2.86. The molecule has 1 saturated carbocycles. The minimum Gasteiger partial charge on any atom is -0.430 e. The summed E-state index contributed by atoms with van der Waals surface area (Å²) in [5.41, 5.74) is 2.86. The second kappa shape index (κ2) is 5.62. The van der Waals surface area contributed by atoms with Gasteiger partial charge in [0.2, 0.25) is 0 Å². The van der Waals surface area contributed by atoms with Gasteiger partial charge >= 0.3 is 12.3 Å². The van der Waals surface area contributed by atoms with Crippen LogP contribution in [0.25, 0.3) is 0 Å². The molecule has 7 heteroatoms. The fourth-order valence-electron chi connectivity index (χ4n) is 2.86. The average molecular weight is 315 g/mol. The Morgan fingerprint density at radius 3 is 2.41 bits per heavy atom. The highest BCUT2D eigenvalue weighted by molar-refractivity contribution is 5.92. The summed E-state index contributed by atoms with van der Waals surface area (Å²) in [6.07, 6.45) is -4.13. The Labute approximate surface area is 125 Å². The lowest BCUT2D eigenvalue weighted by atomic mass is 9.73. The van der Waals surface area contributed by atoms with Gasteiger partial charge in [0.15, 0.2) is 11.4 Å². The summed E-state index contributed by atoms with van der Waals surface area (Å²) in [5.74, 6) is -0.687. The highest BCUT2D eigenvalue weighted by Crippen LogP contribution is 2.41. The first kappa shape index (κ1) is 16.3. The van der Waals surface area contributed by atoms with Crippen LogP contribution in [0.3, 0.4) is 0 Å². The maximum Gasteiger partial charge on any atom is 0.416 e. The van der Waals surface area contributed by atoms with Crippen molar-refractivity contribution in [2.75, 3.05) is 0 Å². The van der Waals surface area contributed by atoms with Gasteiger partial charge in [-0.05, 0) is 31.4 Å². The largest absolute Gasteiger partial charge is 0.430 e. The first-order chi connectivity index (χ1) is 10.2. The summed E-state index contributed by atoms with van der Waals surface area (Å²) in [6, 6.07) is 4.07. The topological polar surface area (TPSA) is 69.4 Å². The third-order valence-electron chi connectivity index (χ3n) is 3.96. The van der Waals surface area contributed by atoms with Gasteiger partial charge in [-0.15, -0.1) is 0 Å². The molecule has 0 spiro atoms. The van der Waals surface area contributed by atoms with Crippen LogP contribution in [0.5, 0.6) is 0 Å². The molecule has 1 amide bonds. The third-order valence-corrected chi connectivity index (χ3v) is 3.96. The Balaban J connectivity index is 2.46. The lowest BCUT2D eigenvalue weighted by molar-refractivity contribution is -0.147. The van der Waals surface area contributed by atoms with Crippen LogP contribution in [0.1, 0.15) is 37.3 Å². The van der Waals surface area contributed by atoms with E-state index in [4.69, 9.17) is 10.5 Å². The van der Waals surface area contributed by atoms with Crippen molar-refractivity contribution in [2.24, 2.45) is 11.7 Å². The van der Waals surface area contributed by atoms with Crippen LogP contribution in [-0.4, -0.2) is 11.9 Å². The van der Waals surface area contributed by atoms with Gasteiger partial charge in [0.25, 0.3) is 0 Å². The molecule has 0 saturated heterocycles. The zero-order valence-electron chi connectivity index (χ0n) is 11.9. The SMILES string of the molecule is CC1CCC[C@@](OC(N)=O)(c2ccc(C(F)(F)F)cc2)C1=O. The second-order valence-corrected chi connectivity index (χ2v) is 5.48. The van der Waals surface area contributed by atoms with Crippen molar-refractivity contribution in [2.45, 2.75) is 38.0 Å². The molecule has 4 nitrogen and oxygen atoms in total. The Bertz CT molecular complexity index is 583. The zero-order chi connectivity index (χ0) is 16.5. The smallest absolute Gasteiger partial charge is 0.416 e. The van der Waals surface area contributed by atoms with Crippen LogP contribution in [0.4, 0.5) is 18.0 Å². The van der Waals surface area contributed by atoms with Crippen molar-refractivity contribution in [3.63, 3.8) is 0 Å². The Kier molecular flexibility index (Phi) is 4.17. The molecule has 1 unspecified atom stereocenters. The highest BCUT2D eigenvalue weighted by Gasteiger charge is 2.48. The summed E-state index contributed by atoms with van der Waals surface area (Å²) in [6.45, 7) is 1.70. The van der Waals surface area contributed by atoms with E-state index < -0.39 is 23.4 Å². The number of primary amides is 1. The predicted molar refractivity (Wildman–Crippen MR) is 71.8 cm³/mol. The second-order valence-electron chi connectivity index (χ2n) is 5.48. The molecule has 120 valence electrons. The fraction of sp³-hybridized carbons (Fsp3) is 0.467. The van der Waals surface area contributed by atoms with E-state index in [0.29, 0.717) is 12.8 Å². The predicted octanol–water partition coefficient (Wildman–Crippen LogP) is 3.39. The van der Waals surface area contributed by atoms with Gasteiger partial charge in [0.1, 0.15) is 0 Å². The van der Waals surface area contributed by atoms with Crippen LogP contribution in [0.15, 0.2) is 24.3 Å². The molecule has 1 fully saturated rings. The normalized spacial score (nSPS) is 25.8. The van der Waals surface area contributed by atoms with Crippen LogP contribution < -0.4 is 5.73 Å². The highest BCUT2D eigenvalue weighted by atomic mass is 19.4. The number of hydrogen-bond donors (Lipinski definition) is 1. The standard InChI is InChI=1S/C15H16F3NO3/c1-9-3-2-8-14(12(9)20,22-13(19)21)10-4-6-11(7-5-10)15(16,17)18/h4-7,9H,2-3,8H2,1H3,(H2,19,21)/t9?,14-/m1/s1. The van der Waals surface area contributed by atoms with Crippen molar-refractivity contribution in [1.29, 1.82) is 0 Å². The van der Waals surface area contributed by atoms with Gasteiger partial charge in [-0.3, -0.25) is 4.79 Å². The van der Waals surface area contributed by atoms with Gasteiger partial charge in [-0.25, -0.2) is 4.79 Å². The summed E-state index contributed by atoms with van der Waals surface area (Å²) in [5, 5.41) is 0. The number of carbonyl (C=O) groups excluding carboxylic acids is 2. The number of amides is 1. The number of Topliss-reactive ketones (excluding diaryl/α,β-unsaturated/α-hetero) is 1. The number of benzene rings is 1. The number of alkyl halides is 3. The molecule has 0 bridgehead atoms. The van der Waals surface area contributed by atoms with E-state index in [0.717, 1.165) is 12.1 Å². The molecular formula is C15H16F3NO3. The molecule has 0 radical (unpaired) electrons. The molecule has 0 aliphatic heterocycles. The molecule has 0 heterocycles. The van der Waals surface area contributed by atoms with E-state index in [1.54, 1.807) is 6.92 Å². The molecule has 0 aromatic heterocycles. The van der Waals surface area contributed by atoms with Gasteiger partial charge in [-0.2, -0.15) is 13.2 Å². The molecule has 1 aliphatic carbocycles. The van der Waals surface area contributed by atoms with E-state index in [1.165, 1.54) is 12.1 Å². The molecule has 1 aromatic rings. The van der Waals surface area contributed by atoms with Crippen LogP contribution in [-0.2, 0) is 21.3 Å². The zero-order valence-corrected chi connectivity index (χ0v) is 11.9. The summed E-state index contributed by atoms with van der Waals surface area (Å²) in [4.78, 5) is 23.7. The van der Waals surface area contributed by atoms with E-state index in [9.17, 15) is 22.8 Å². The molecule has 2 rings (SSSR count). The van der Waals surface area contributed by atoms with E-state index in [-0.39, 0.29) is 23.7 Å². The van der Waals surface area contributed by atoms with Crippen molar-refractivity contribution in [1.82, 2.24) is 0 Å². The van der Waals surface area contributed by atoms with Gasteiger partial charge < -0.3 is 10.5 Å². The van der Waals surface area contributed by atoms with Gasteiger partial charge in [0.05, 0.1) is 5.56 Å². The number of carbonyl (C=O) groups is 2. The summed E-state index contributed by atoms with van der Waals surface area (Å²) in [7, 11) is 0. The van der Waals surface area contributed by atoms with Crippen LogP contribution in [0.2, 0.25) is 0 Å². The number of halogens is 3. The third kappa shape index (κ3) is 2.93. The van der Waals surface area contributed by atoms with Crippen LogP contribution in [0, 0.1) is 5.92 Å². The summed E-state index contributed by atoms with van der Waals surface area (Å²) >= 11 is 0. The van der Waals surface area contributed by atoms with Crippen molar-refractivity contribution in [3.05, 3.63) is 35.4 Å².